The lowest BCUT2D eigenvalue weighted by atomic mass is 10.2. The number of ether oxygens (including phenoxy) is 1. The summed E-state index contributed by atoms with van der Waals surface area (Å²) < 4.78 is 12.8. The molecule has 0 radical (unpaired) electrons. The van der Waals surface area contributed by atoms with Crippen LogP contribution in [-0.2, 0) is 12.3 Å². The Morgan fingerprint density at radius 1 is 1.25 bits per heavy atom. The van der Waals surface area contributed by atoms with E-state index in [4.69, 9.17) is 9.26 Å². The average Bonchev–Trinajstić information content (AvgIpc) is 3.47. The summed E-state index contributed by atoms with van der Waals surface area (Å²) in [7, 11) is 1.64. The minimum absolute atomic E-state index is 0.524. The number of para-hydroxylation sites is 1. The van der Waals surface area contributed by atoms with E-state index in [0.29, 0.717) is 24.0 Å². The van der Waals surface area contributed by atoms with Gasteiger partial charge < -0.3 is 9.26 Å². The molecular weight excluding hydrogens is 394 g/mol. The Morgan fingerprint density at radius 2 is 2.14 bits per heavy atom. The third-order valence-corrected chi connectivity index (χ3v) is 5.73. The molecule has 0 saturated carbocycles. The molecule has 3 aromatic heterocycles. The highest BCUT2D eigenvalue weighted by molar-refractivity contribution is 7.98. The lowest BCUT2D eigenvalue weighted by Gasteiger charge is -2.10. The van der Waals surface area contributed by atoms with Gasteiger partial charge in [-0.05, 0) is 23.6 Å². The summed E-state index contributed by atoms with van der Waals surface area (Å²) in [6, 6.07) is 11.6. The predicted octanol–water partition coefficient (Wildman–Crippen LogP) is 4.54. The van der Waals surface area contributed by atoms with Crippen molar-refractivity contribution < 1.29 is 9.26 Å². The van der Waals surface area contributed by atoms with Crippen LogP contribution < -0.4 is 4.74 Å². The Morgan fingerprint density at radius 3 is 2.93 bits per heavy atom. The highest BCUT2D eigenvalue weighted by Gasteiger charge is 2.18. The maximum Gasteiger partial charge on any atom is 0.268 e. The molecule has 0 N–H and O–H groups in total. The van der Waals surface area contributed by atoms with Crippen molar-refractivity contribution in [3.63, 3.8) is 0 Å². The smallest absolute Gasteiger partial charge is 0.268 e. The fourth-order valence-corrected chi connectivity index (χ4v) is 4.10. The third-order valence-electron chi connectivity index (χ3n) is 3.91. The van der Waals surface area contributed by atoms with E-state index in [1.165, 1.54) is 11.8 Å². The molecule has 0 aliphatic heterocycles. The molecule has 0 bridgehead atoms. The van der Waals surface area contributed by atoms with Gasteiger partial charge in [0.15, 0.2) is 16.8 Å². The number of thioether (sulfide) groups is 1. The van der Waals surface area contributed by atoms with Gasteiger partial charge in [0.05, 0.1) is 23.3 Å². The van der Waals surface area contributed by atoms with Crippen molar-refractivity contribution >= 4 is 23.1 Å². The van der Waals surface area contributed by atoms with Crippen LogP contribution in [0.3, 0.4) is 0 Å². The Balaban J connectivity index is 1.57. The van der Waals surface area contributed by atoms with E-state index in [0.717, 1.165) is 27.2 Å². The monoisotopic (exact) mass is 411 g/mol. The average molecular weight is 412 g/mol. The van der Waals surface area contributed by atoms with Gasteiger partial charge in [-0.1, -0.05) is 41.2 Å². The molecule has 0 fully saturated rings. The van der Waals surface area contributed by atoms with Crippen LogP contribution >= 0.6 is 23.1 Å². The molecule has 0 saturated heterocycles. The fourth-order valence-electron chi connectivity index (χ4n) is 2.66. The zero-order chi connectivity index (χ0) is 19.3. The second-order valence-corrected chi connectivity index (χ2v) is 7.58. The predicted molar refractivity (Wildman–Crippen MR) is 109 cm³/mol. The summed E-state index contributed by atoms with van der Waals surface area (Å²) >= 11 is 3.06. The number of nitrogens with zero attached hydrogens (tertiary/aromatic N) is 5. The highest BCUT2D eigenvalue weighted by Crippen LogP contribution is 2.32. The van der Waals surface area contributed by atoms with Gasteiger partial charge in [-0.15, -0.1) is 28.1 Å². The third kappa shape index (κ3) is 3.71. The summed E-state index contributed by atoms with van der Waals surface area (Å²) in [6.45, 7) is 4.43. The SMILES string of the molecule is C=CCn1c(SCc2noc(-c3cccs3)n2)nnc1-c1ccccc1OC. The van der Waals surface area contributed by atoms with Gasteiger partial charge in [-0.2, -0.15) is 4.98 Å². The molecule has 1 aromatic carbocycles. The van der Waals surface area contributed by atoms with E-state index < -0.39 is 0 Å². The highest BCUT2D eigenvalue weighted by atomic mass is 32.2. The maximum absolute atomic E-state index is 5.46. The van der Waals surface area contributed by atoms with Gasteiger partial charge in [-0.3, -0.25) is 4.57 Å². The first-order valence-corrected chi connectivity index (χ1v) is 10.3. The zero-order valence-corrected chi connectivity index (χ0v) is 16.7. The number of methoxy groups -OCH3 is 1. The van der Waals surface area contributed by atoms with E-state index in [1.54, 1.807) is 18.4 Å². The van der Waals surface area contributed by atoms with Gasteiger partial charge in [0.1, 0.15) is 5.75 Å². The fraction of sp³-hybridized carbons (Fsp3) is 0.158. The minimum Gasteiger partial charge on any atom is -0.496 e. The molecule has 4 aromatic rings. The Labute approximate surface area is 170 Å². The molecule has 0 unspecified atom stereocenters. The number of thiophene rings is 1. The molecule has 0 aliphatic carbocycles. The molecule has 7 nitrogen and oxygen atoms in total. The summed E-state index contributed by atoms with van der Waals surface area (Å²) in [5, 5.41) is 15.5. The van der Waals surface area contributed by atoms with Crippen LogP contribution in [0.1, 0.15) is 5.82 Å². The topological polar surface area (TPSA) is 78.9 Å². The van der Waals surface area contributed by atoms with Gasteiger partial charge >= 0.3 is 0 Å². The molecule has 28 heavy (non-hydrogen) atoms. The van der Waals surface area contributed by atoms with E-state index >= 15 is 0 Å². The number of hydrogen-bond donors (Lipinski definition) is 0. The molecule has 9 heteroatoms. The van der Waals surface area contributed by atoms with Crippen LogP contribution in [0.2, 0.25) is 0 Å². The molecule has 0 aliphatic rings. The van der Waals surface area contributed by atoms with Crippen molar-refractivity contribution in [1.82, 2.24) is 24.9 Å². The lowest BCUT2D eigenvalue weighted by Crippen LogP contribution is -2.02. The van der Waals surface area contributed by atoms with Gasteiger partial charge in [0.25, 0.3) is 5.89 Å². The quantitative estimate of drug-likeness (QED) is 0.311. The molecular formula is C19H17N5O2S2. The first kappa shape index (κ1) is 18.5. The maximum atomic E-state index is 5.46. The van der Waals surface area contributed by atoms with Crippen molar-refractivity contribution in [1.29, 1.82) is 0 Å². The van der Waals surface area contributed by atoms with Crippen molar-refractivity contribution in [2.24, 2.45) is 0 Å². The lowest BCUT2D eigenvalue weighted by molar-refractivity contribution is 0.416. The molecule has 0 spiro atoms. The van der Waals surface area contributed by atoms with Crippen LogP contribution in [0.15, 0.2) is 64.1 Å². The van der Waals surface area contributed by atoms with Crippen molar-refractivity contribution in [2.75, 3.05) is 7.11 Å². The number of aromatic nitrogens is 5. The number of hydrogen-bond acceptors (Lipinski definition) is 8. The zero-order valence-electron chi connectivity index (χ0n) is 15.1. The van der Waals surface area contributed by atoms with Crippen molar-refractivity contribution in [3.05, 3.63) is 60.3 Å². The van der Waals surface area contributed by atoms with E-state index in [1.807, 2.05) is 52.4 Å². The summed E-state index contributed by atoms with van der Waals surface area (Å²) in [5.74, 6) is 3.15. The number of rotatable bonds is 8. The molecule has 142 valence electrons. The standard InChI is InChI=1S/C19H17N5O2S2/c1-3-10-24-17(13-7-4-5-8-14(13)25-2)21-22-19(24)28-12-16-20-18(26-23-16)15-9-6-11-27-15/h3-9,11H,1,10,12H2,2H3. The first-order chi connectivity index (χ1) is 13.8. The van der Waals surface area contributed by atoms with Gasteiger partial charge in [0, 0.05) is 6.54 Å². The number of benzene rings is 1. The van der Waals surface area contributed by atoms with Crippen molar-refractivity contribution in [2.45, 2.75) is 17.5 Å². The first-order valence-electron chi connectivity index (χ1n) is 8.47. The van der Waals surface area contributed by atoms with E-state index in [2.05, 4.69) is 26.9 Å². The second-order valence-electron chi connectivity index (χ2n) is 5.69. The molecule has 0 amide bonds. The number of allylic oxidation sites excluding steroid dienone is 1. The molecule has 3 heterocycles. The van der Waals surface area contributed by atoms with E-state index in [9.17, 15) is 0 Å². The summed E-state index contributed by atoms with van der Waals surface area (Å²) in [6.07, 6.45) is 1.82. The summed E-state index contributed by atoms with van der Waals surface area (Å²) in [4.78, 5) is 5.41. The normalized spacial score (nSPS) is 10.9. The largest absolute Gasteiger partial charge is 0.496 e. The second kappa shape index (κ2) is 8.41. The van der Waals surface area contributed by atoms with E-state index in [-0.39, 0.29) is 0 Å². The Bertz CT molecular complexity index is 1070. The Hall–Kier alpha value is -2.91. The Kier molecular flexibility index (Phi) is 5.54. The van der Waals surface area contributed by atoms with Crippen LogP contribution in [0.25, 0.3) is 22.2 Å². The molecule has 4 rings (SSSR count). The van der Waals surface area contributed by atoms with Gasteiger partial charge in [0.2, 0.25) is 0 Å². The van der Waals surface area contributed by atoms with Crippen molar-refractivity contribution in [3.8, 4) is 27.9 Å². The molecule has 0 atom stereocenters. The minimum atomic E-state index is 0.524. The van der Waals surface area contributed by atoms with Crippen LogP contribution in [0, 0.1) is 0 Å². The summed E-state index contributed by atoms with van der Waals surface area (Å²) in [5.41, 5.74) is 0.880. The van der Waals surface area contributed by atoms with Crippen LogP contribution in [-0.4, -0.2) is 32.0 Å². The van der Waals surface area contributed by atoms with Crippen LogP contribution in [0.5, 0.6) is 5.75 Å². The van der Waals surface area contributed by atoms with Crippen LogP contribution in [0.4, 0.5) is 0 Å². The van der Waals surface area contributed by atoms with Gasteiger partial charge in [-0.25, -0.2) is 0 Å².